The van der Waals surface area contributed by atoms with Crippen molar-refractivity contribution in [2.45, 2.75) is 43.4 Å². The predicted molar refractivity (Wildman–Crippen MR) is 93.0 cm³/mol. The predicted octanol–water partition coefficient (Wildman–Crippen LogP) is 1.84. The lowest BCUT2D eigenvalue weighted by Gasteiger charge is -2.19. The minimum Gasteiger partial charge on any atom is -0.346 e. The molecule has 0 saturated carbocycles. The third-order valence-corrected chi connectivity index (χ3v) is 7.02. The molecule has 0 spiro atoms. The largest absolute Gasteiger partial charge is 0.346 e. The Morgan fingerprint density at radius 2 is 2.25 bits per heavy atom. The van der Waals surface area contributed by atoms with E-state index in [0.717, 1.165) is 11.3 Å². The van der Waals surface area contributed by atoms with Gasteiger partial charge in [-0.25, -0.2) is 8.42 Å². The van der Waals surface area contributed by atoms with Crippen LogP contribution < -0.4 is 5.32 Å². The van der Waals surface area contributed by atoms with E-state index in [-0.39, 0.29) is 29.0 Å². The van der Waals surface area contributed by atoms with Crippen molar-refractivity contribution in [3.8, 4) is 0 Å². The highest BCUT2D eigenvalue weighted by Crippen LogP contribution is 2.23. The van der Waals surface area contributed by atoms with Gasteiger partial charge in [0.1, 0.15) is 4.21 Å². The van der Waals surface area contributed by atoms with Crippen LogP contribution in [0.2, 0.25) is 0 Å². The summed E-state index contributed by atoms with van der Waals surface area (Å²) in [5, 5.41) is 4.40. The lowest BCUT2D eigenvalue weighted by molar-refractivity contribution is -0.126. The van der Waals surface area contributed by atoms with Crippen molar-refractivity contribution in [1.29, 1.82) is 0 Å². The first-order chi connectivity index (χ1) is 11.3. The fraction of sp³-hybridized carbons (Fsp3) is 0.562. The van der Waals surface area contributed by atoms with E-state index < -0.39 is 16.1 Å². The lowest BCUT2D eigenvalue weighted by atomic mass is 10.1. The van der Waals surface area contributed by atoms with Gasteiger partial charge in [0.05, 0.1) is 12.6 Å². The zero-order valence-corrected chi connectivity index (χ0v) is 15.5. The summed E-state index contributed by atoms with van der Waals surface area (Å²) in [4.78, 5) is 24.3. The molecule has 1 aromatic rings. The highest BCUT2D eigenvalue weighted by atomic mass is 32.2. The topological polar surface area (TPSA) is 83.6 Å². The lowest BCUT2D eigenvalue weighted by Crippen LogP contribution is -2.44. The molecule has 0 aromatic carbocycles. The van der Waals surface area contributed by atoms with Crippen LogP contribution in [0.1, 0.15) is 33.1 Å². The molecule has 1 fully saturated rings. The highest BCUT2D eigenvalue weighted by Gasteiger charge is 2.33. The Hall–Kier alpha value is -1.25. The molecule has 1 saturated heterocycles. The van der Waals surface area contributed by atoms with Crippen LogP contribution in [-0.4, -0.2) is 43.5 Å². The summed E-state index contributed by atoms with van der Waals surface area (Å²) in [6.45, 7) is 4.10. The number of sulfonamides is 1. The van der Waals surface area contributed by atoms with Gasteiger partial charge in [-0.1, -0.05) is 19.9 Å². The van der Waals surface area contributed by atoms with Crippen LogP contribution in [0.15, 0.2) is 21.7 Å². The number of ketones is 1. The van der Waals surface area contributed by atoms with E-state index in [9.17, 15) is 18.0 Å². The quantitative estimate of drug-likeness (QED) is 0.827. The van der Waals surface area contributed by atoms with Gasteiger partial charge in [-0.05, 0) is 36.6 Å². The Morgan fingerprint density at radius 1 is 1.50 bits per heavy atom. The molecule has 1 radical (unpaired) electrons. The fourth-order valence-electron chi connectivity index (χ4n) is 2.46. The fourth-order valence-corrected chi connectivity index (χ4v) is 5.05. The molecule has 0 bridgehead atoms. The van der Waals surface area contributed by atoms with Gasteiger partial charge in [0.15, 0.2) is 5.78 Å². The van der Waals surface area contributed by atoms with Gasteiger partial charge in [-0.2, -0.15) is 4.31 Å². The van der Waals surface area contributed by atoms with Crippen molar-refractivity contribution in [3.63, 3.8) is 0 Å². The van der Waals surface area contributed by atoms with E-state index in [1.54, 1.807) is 17.9 Å². The maximum absolute atomic E-state index is 12.5. The molecular formula is C16H23N2O4S2. The summed E-state index contributed by atoms with van der Waals surface area (Å²) in [5.74, 6) is -0.164. The smallest absolute Gasteiger partial charge is 0.252 e. The number of hydrogen-bond acceptors (Lipinski definition) is 5. The standard InChI is InChI=1S/C16H23N2O4S2/c1-12(2)7-8-15(20)17-13-5-3-9-18(11-14(13)19)24(21,22)16-6-4-10-23-16/h4,6,8,10,12-13H,3,5,7,9,11H2,1-2H3,(H,17,20)/t13-/m0/s1. The number of carbonyl (C=O) groups excluding carboxylic acids is 2. The SMILES string of the molecule is CC(C)C[CH]C(=O)N[C@H]1CCCN(S(=O)(=O)c2cccs2)CC1=O. The first kappa shape index (κ1) is 19.1. The van der Waals surface area contributed by atoms with Crippen LogP contribution in [0.3, 0.4) is 0 Å². The van der Waals surface area contributed by atoms with Gasteiger partial charge in [0.25, 0.3) is 10.0 Å². The molecule has 1 aliphatic rings. The molecule has 1 atom stereocenters. The highest BCUT2D eigenvalue weighted by molar-refractivity contribution is 7.91. The normalized spacial score (nSPS) is 20.1. The van der Waals surface area contributed by atoms with Crippen molar-refractivity contribution in [1.82, 2.24) is 9.62 Å². The summed E-state index contributed by atoms with van der Waals surface area (Å²) >= 11 is 1.14. The maximum atomic E-state index is 12.5. The summed E-state index contributed by atoms with van der Waals surface area (Å²) in [6.07, 6.45) is 3.18. The summed E-state index contributed by atoms with van der Waals surface area (Å²) in [5.41, 5.74) is 0. The van der Waals surface area contributed by atoms with E-state index in [1.165, 1.54) is 10.4 Å². The van der Waals surface area contributed by atoms with E-state index in [4.69, 9.17) is 0 Å². The number of nitrogens with zero attached hydrogens (tertiary/aromatic N) is 1. The first-order valence-corrected chi connectivity index (χ1v) is 10.3. The van der Waals surface area contributed by atoms with Crippen LogP contribution in [-0.2, 0) is 19.6 Å². The number of amides is 1. The number of nitrogens with one attached hydrogen (secondary N) is 1. The van der Waals surface area contributed by atoms with Gasteiger partial charge in [0, 0.05) is 13.0 Å². The summed E-state index contributed by atoms with van der Waals surface area (Å²) in [6, 6.07) is 2.59. The van der Waals surface area contributed by atoms with Crippen LogP contribution in [0.4, 0.5) is 0 Å². The van der Waals surface area contributed by atoms with E-state index >= 15 is 0 Å². The Labute approximate surface area is 147 Å². The molecule has 133 valence electrons. The monoisotopic (exact) mass is 371 g/mol. The second-order valence-corrected chi connectivity index (χ2v) is 9.39. The number of Topliss-reactive ketones (excluding diaryl/α,β-unsaturated/α-hetero) is 1. The third kappa shape index (κ3) is 4.87. The zero-order chi connectivity index (χ0) is 17.7. The van der Waals surface area contributed by atoms with E-state index in [2.05, 4.69) is 5.32 Å². The number of rotatable bonds is 6. The Bertz CT molecular complexity index is 668. The molecule has 0 unspecified atom stereocenters. The number of thiophene rings is 1. The molecule has 1 aromatic heterocycles. The number of carbonyl (C=O) groups is 2. The molecule has 2 rings (SSSR count). The van der Waals surface area contributed by atoms with Crippen molar-refractivity contribution < 1.29 is 18.0 Å². The second-order valence-electron chi connectivity index (χ2n) is 6.27. The van der Waals surface area contributed by atoms with Gasteiger partial charge in [-0.3, -0.25) is 9.59 Å². The van der Waals surface area contributed by atoms with Gasteiger partial charge < -0.3 is 5.32 Å². The number of hydrogen-bond donors (Lipinski definition) is 1. The van der Waals surface area contributed by atoms with Crippen LogP contribution >= 0.6 is 11.3 Å². The first-order valence-electron chi connectivity index (χ1n) is 8.00. The van der Waals surface area contributed by atoms with Crippen LogP contribution in [0.5, 0.6) is 0 Å². The van der Waals surface area contributed by atoms with Crippen molar-refractivity contribution in [2.75, 3.05) is 13.1 Å². The maximum Gasteiger partial charge on any atom is 0.252 e. The van der Waals surface area contributed by atoms with Crippen LogP contribution in [0.25, 0.3) is 0 Å². The van der Waals surface area contributed by atoms with Crippen LogP contribution in [0, 0.1) is 12.3 Å². The van der Waals surface area contributed by atoms with E-state index in [1.807, 2.05) is 13.8 Å². The molecule has 0 aliphatic carbocycles. The van der Waals surface area contributed by atoms with Gasteiger partial charge in [-0.15, -0.1) is 11.3 Å². The summed E-state index contributed by atoms with van der Waals surface area (Å²) in [7, 11) is -3.64. The third-order valence-electron chi connectivity index (χ3n) is 3.80. The minimum absolute atomic E-state index is 0.199. The van der Waals surface area contributed by atoms with Gasteiger partial charge in [0.2, 0.25) is 5.91 Å². The van der Waals surface area contributed by atoms with Crippen molar-refractivity contribution >= 4 is 33.1 Å². The van der Waals surface area contributed by atoms with Crippen molar-refractivity contribution in [2.24, 2.45) is 5.92 Å². The molecular weight excluding hydrogens is 348 g/mol. The molecule has 1 amide bonds. The molecule has 1 N–H and O–H groups in total. The average molecular weight is 372 g/mol. The molecule has 1 aliphatic heterocycles. The van der Waals surface area contributed by atoms with E-state index in [0.29, 0.717) is 25.2 Å². The molecule has 6 nitrogen and oxygen atoms in total. The Kier molecular flexibility index (Phi) is 6.54. The molecule has 24 heavy (non-hydrogen) atoms. The zero-order valence-electron chi connectivity index (χ0n) is 13.9. The van der Waals surface area contributed by atoms with Gasteiger partial charge >= 0.3 is 0 Å². The molecule has 2 heterocycles. The second kappa shape index (κ2) is 8.22. The Balaban J connectivity index is 1.99. The summed E-state index contributed by atoms with van der Waals surface area (Å²) < 4.78 is 26.5. The average Bonchev–Trinajstić information content (AvgIpc) is 2.99. The van der Waals surface area contributed by atoms with Crippen molar-refractivity contribution in [3.05, 3.63) is 23.9 Å². The minimum atomic E-state index is -3.64. The Morgan fingerprint density at radius 3 is 2.88 bits per heavy atom. The molecule has 8 heteroatoms.